The van der Waals surface area contributed by atoms with Crippen molar-refractivity contribution in [3.05, 3.63) is 0 Å². The molecular formula is C18H35LiO3. The molecule has 0 saturated heterocycles. The van der Waals surface area contributed by atoms with Crippen molar-refractivity contribution in [2.75, 3.05) is 0 Å². The summed E-state index contributed by atoms with van der Waals surface area (Å²) in [7, 11) is 0. The molecule has 0 amide bonds. The molecule has 0 spiro atoms. The van der Waals surface area contributed by atoms with Crippen LogP contribution in [0.1, 0.15) is 103 Å². The number of unbranched alkanes of at least 4 members (excludes halogenated alkanes) is 11. The maximum atomic E-state index is 10.2. The Morgan fingerprint density at radius 2 is 1.18 bits per heavy atom. The van der Waals surface area contributed by atoms with Crippen LogP contribution in [0, 0.1) is 0 Å². The number of carbonyl (C=O) groups excluding carboxylic acids is 1. The number of hydrogen-bond acceptors (Lipinski definition) is 3. The third-order valence-electron chi connectivity index (χ3n) is 4.14. The molecule has 0 rings (SSSR count). The average molecular weight is 306 g/mol. The smallest absolute Gasteiger partial charge is 0.550 e. The van der Waals surface area contributed by atoms with Crippen molar-refractivity contribution in [2.45, 2.75) is 109 Å². The molecule has 0 aliphatic carbocycles. The van der Waals surface area contributed by atoms with E-state index >= 15 is 0 Å². The van der Waals surface area contributed by atoms with Gasteiger partial charge in [-0.05, 0) is 25.7 Å². The molecule has 126 valence electrons. The second-order valence-electron chi connectivity index (χ2n) is 6.22. The molecule has 1 atom stereocenters. The predicted octanol–water partition coefficient (Wildman–Crippen LogP) is 0.973. The molecule has 3 nitrogen and oxygen atoms in total. The largest absolute Gasteiger partial charge is 1.00 e. The van der Waals surface area contributed by atoms with Gasteiger partial charge in [0.25, 0.3) is 0 Å². The predicted molar refractivity (Wildman–Crippen MR) is 85.9 cm³/mol. The maximum absolute atomic E-state index is 10.2. The summed E-state index contributed by atoms with van der Waals surface area (Å²) in [5, 5.41) is 19.7. The number of aliphatic hydroxyl groups excluding tert-OH is 1. The Morgan fingerprint density at radius 3 is 1.55 bits per heavy atom. The fourth-order valence-electron chi connectivity index (χ4n) is 2.62. The number of carbonyl (C=O) groups is 1. The van der Waals surface area contributed by atoms with Crippen LogP contribution >= 0.6 is 0 Å². The number of carboxylic acid groups (broad SMARTS) is 1. The van der Waals surface area contributed by atoms with E-state index in [9.17, 15) is 15.0 Å². The molecule has 1 unspecified atom stereocenters. The zero-order valence-electron chi connectivity index (χ0n) is 14.9. The molecule has 0 aromatic carbocycles. The van der Waals surface area contributed by atoms with Crippen LogP contribution in [0.3, 0.4) is 0 Å². The van der Waals surface area contributed by atoms with Gasteiger partial charge in [-0.25, -0.2) is 0 Å². The first kappa shape index (κ1) is 24.3. The molecule has 0 radical (unpaired) electrons. The summed E-state index contributed by atoms with van der Waals surface area (Å²) in [4.78, 5) is 10.2. The van der Waals surface area contributed by atoms with Gasteiger partial charge >= 0.3 is 18.9 Å². The van der Waals surface area contributed by atoms with Crippen molar-refractivity contribution in [2.24, 2.45) is 0 Å². The van der Waals surface area contributed by atoms with Crippen molar-refractivity contribution in [3.63, 3.8) is 0 Å². The second kappa shape index (κ2) is 19.1. The van der Waals surface area contributed by atoms with E-state index in [1.165, 1.54) is 57.8 Å². The van der Waals surface area contributed by atoms with Crippen LogP contribution in [0.5, 0.6) is 0 Å². The minimum Gasteiger partial charge on any atom is -0.550 e. The van der Waals surface area contributed by atoms with Crippen LogP contribution in [0.4, 0.5) is 0 Å². The van der Waals surface area contributed by atoms with Gasteiger partial charge in [0.05, 0.1) is 6.10 Å². The minimum atomic E-state index is -0.917. The summed E-state index contributed by atoms with van der Waals surface area (Å²) in [5.41, 5.74) is 0. The van der Waals surface area contributed by atoms with Gasteiger partial charge in [0.2, 0.25) is 0 Å². The van der Waals surface area contributed by atoms with E-state index in [0.29, 0.717) is 0 Å². The molecule has 0 fully saturated rings. The van der Waals surface area contributed by atoms with Gasteiger partial charge in [0.15, 0.2) is 0 Å². The fourth-order valence-corrected chi connectivity index (χ4v) is 2.62. The molecule has 0 aliphatic heterocycles. The first-order valence-corrected chi connectivity index (χ1v) is 9.04. The number of carboxylic acids is 1. The van der Waals surface area contributed by atoms with Crippen molar-refractivity contribution >= 4 is 5.97 Å². The molecule has 0 aromatic rings. The normalized spacial score (nSPS) is 11.9. The van der Waals surface area contributed by atoms with E-state index in [-0.39, 0.29) is 31.4 Å². The average Bonchev–Trinajstić information content (AvgIpc) is 2.46. The van der Waals surface area contributed by atoms with E-state index in [0.717, 1.165) is 32.1 Å². The summed E-state index contributed by atoms with van der Waals surface area (Å²) in [5.74, 6) is -0.917. The van der Waals surface area contributed by atoms with Gasteiger partial charge in [0.1, 0.15) is 0 Å². The maximum Gasteiger partial charge on any atom is 1.00 e. The Bertz CT molecular complexity index is 234. The van der Waals surface area contributed by atoms with Crippen LogP contribution in [-0.4, -0.2) is 17.2 Å². The molecule has 0 bridgehead atoms. The van der Waals surface area contributed by atoms with Crippen LogP contribution in [0.25, 0.3) is 0 Å². The first-order valence-electron chi connectivity index (χ1n) is 9.04. The van der Waals surface area contributed by atoms with Gasteiger partial charge in [-0.15, -0.1) is 0 Å². The monoisotopic (exact) mass is 306 g/mol. The molecule has 0 saturated carbocycles. The molecule has 0 heterocycles. The quantitative estimate of drug-likeness (QED) is 0.341. The second-order valence-corrected chi connectivity index (χ2v) is 6.22. The van der Waals surface area contributed by atoms with Gasteiger partial charge in [-0.1, -0.05) is 77.6 Å². The van der Waals surface area contributed by atoms with Crippen LogP contribution in [-0.2, 0) is 4.79 Å². The Labute approximate surface area is 149 Å². The number of aliphatic carboxylic acids is 1. The Hall–Kier alpha value is 0.0274. The summed E-state index contributed by atoms with van der Waals surface area (Å²) >= 11 is 0. The molecule has 0 aromatic heterocycles. The zero-order chi connectivity index (χ0) is 15.8. The molecular weight excluding hydrogens is 271 g/mol. The molecule has 1 N–H and O–H groups in total. The van der Waals surface area contributed by atoms with Crippen molar-refractivity contribution < 1.29 is 33.9 Å². The van der Waals surface area contributed by atoms with Crippen LogP contribution in [0.15, 0.2) is 0 Å². The van der Waals surface area contributed by atoms with Crippen molar-refractivity contribution in [1.29, 1.82) is 0 Å². The number of aliphatic hydroxyl groups is 1. The van der Waals surface area contributed by atoms with Gasteiger partial charge < -0.3 is 15.0 Å². The number of hydrogen-bond donors (Lipinski definition) is 1. The minimum absolute atomic E-state index is 0. The summed E-state index contributed by atoms with van der Waals surface area (Å²) in [6, 6.07) is 0. The topological polar surface area (TPSA) is 60.4 Å². The Morgan fingerprint density at radius 1 is 0.818 bits per heavy atom. The van der Waals surface area contributed by atoms with E-state index in [1.54, 1.807) is 0 Å². The zero-order valence-corrected chi connectivity index (χ0v) is 14.9. The number of rotatable bonds is 16. The van der Waals surface area contributed by atoms with E-state index in [2.05, 4.69) is 0 Å². The Balaban J connectivity index is 0. The first-order chi connectivity index (χ1) is 10.2. The standard InChI is InChI=1S/C18H36O3.Li/c1-2-17(19)15-13-11-9-7-5-3-4-6-8-10-12-14-16-18(20)21;/h17,19H,2-16H2,1H3,(H,20,21);/q;+1/p-1. The SMILES string of the molecule is CCC(O)CCCCCCCCCCCCCCC(=O)[O-].[Li+]. The fraction of sp³-hybridized carbons (Fsp3) is 0.944. The van der Waals surface area contributed by atoms with Crippen molar-refractivity contribution in [3.8, 4) is 0 Å². The van der Waals surface area contributed by atoms with Crippen molar-refractivity contribution in [1.82, 2.24) is 0 Å². The van der Waals surface area contributed by atoms with Crippen LogP contribution in [0.2, 0.25) is 0 Å². The molecule has 22 heavy (non-hydrogen) atoms. The van der Waals surface area contributed by atoms with Gasteiger partial charge in [-0.2, -0.15) is 0 Å². The van der Waals surface area contributed by atoms with E-state index in [1.807, 2.05) is 6.92 Å². The molecule has 0 aliphatic rings. The summed E-state index contributed by atoms with van der Waals surface area (Å²) < 4.78 is 0. The van der Waals surface area contributed by atoms with E-state index < -0.39 is 5.97 Å². The van der Waals surface area contributed by atoms with Crippen LogP contribution < -0.4 is 24.0 Å². The summed E-state index contributed by atoms with van der Waals surface area (Å²) in [6.45, 7) is 2.04. The summed E-state index contributed by atoms with van der Waals surface area (Å²) in [6.07, 6.45) is 16.5. The van der Waals surface area contributed by atoms with Gasteiger partial charge in [0, 0.05) is 5.97 Å². The van der Waals surface area contributed by atoms with E-state index in [4.69, 9.17) is 0 Å². The third kappa shape index (κ3) is 20.0. The molecule has 4 heteroatoms. The van der Waals surface area contributed by atoms with Gasteiger partial charge in [-0.3, -0.25) is 0 Å². The Kier molecular flexibility index (Phi) is 21.1. The third-order valence-corrected chi connectivity index (χ3v) is 4.14.